The van der Waals surface area contributed by atoms with Gasteiger partial charge in [0.05, 0.1) is 20.6 Å². The lowest BCUT2D eigenvalue weighted by atomic mass is 10.1. The minimum atomic E-state index is -0.509. The normalized spacial score (nSPS) is 13.6. The molecule has 10 heteroatoms. The Hall–Kier alpha value is -2.62. The molecule has 1 amide bonds. The second kappa shape index (κ2) is 8.73. The lowest BCUT2D eigenvalue weighted by molar-refractivity contribution is 0.102. The average molecular weight is 488 g/mol. The largest absolute Gasteiger partial charge is 0.319 e. The molecule has 0 radical (unpaired) electrons. The highest BCUT2D eigenvalue weighted by Crippen LogP contribution is 2.35. The summed E-state index contributed by atoms with van der Waals surface area (Å²) in [5.41, 5.74) is 1.41. The molecule has 32 heavy (non-hydrogen) atoms. The number of benzene rings is 1. The second-order valence-corrected chi connectivity index (χ2v) is 10.3. The molecule has 1 aliphatic rings. The van der Waals surface area contributed by atoms with Crippen LogP contribution in [0.1, 0.15) is 40.5 Å². The fourth-order valence-corrected chi connectivity index (χ4v) is 5.84. The van der Waals surface area contributed by atoms with E-state index in [2.05, 4.69) is 25.1 Å². The third kappa shape index (κ3) is 4.07. The molecule has 1 aliphatic heterocycles. The molecule has 0 saturated heterocycles. The van der Waals surface area contributed by atoms with Crippen molar-refractivity contribution in [2.75, 3.05) is 5.32 Å². The van der Waals surface area contributed by atoms with Crippen LogP contribution < -0.4 is 5.32 Å². The molecule has 0 atom stereocenters. The number of rotatable bonds is 4. The molecule has 0 unspecified atom stereocenters. The van der Waals surface area contributed by atoms with Crippen molar-refractivity contribution in [1.82, 2.24) is 19.7 Å². The standard InChI is InChI=1S/C22H19ClFN5OS2/c1-12-19(32-22(25-12)16-8-9-17(23)31-16)21(30)26-15-11-13(6-7-14(15)24)20-28-27-18-5-3-2-4-10-29(18)20/h6-9,11H,2-5,10H2,1H3,(H,26,30). The summed E-state index contributed by atoms with van der Waals surface area (Å²) in [6.07, 6.45) is 4.20. The highest BCUT2D eigenvalue weighted by molar-refractivity contribution is 7.24. The number of halogens is 2. The molecule has 0 saturated carbocycles. The Morgan fingerprint density at radius 1 is 1.16 bits per heavy atom. The summed E-state index contributed by atoms with van der Waals surface area (Å²) >= 11 is 8.68. The molecule has 0 bridgehead atoms. The minimum absolute atomic E-state index is 0.104. The molecule has 5 rings (SSSR count). The molecular weight excluding hydrogens is 469 g/mol. The Balaban J connectivity index is 1.42. The summed E-state index contributed by atoms with van der Waals surface area (Å²) in [7, 11) is 0. The SMILES string of the molecule is Cc1nc(-c2ccc(Cl)s2)sc1C(=O)Nc1cc(-c2nnc3n2CCCCC3)ccc1F. The molecule has 1 aromatic carbocycles. The topological polar surface area (TPSA) is 72.7 Å². The van der Waals surface area contributed by atoms with Gasteiger partial charge in [0.1, 0.15) is 21.5 Å². The minimum Gasteiger partial charge on any atom is -0.319 e. The highest BCUT2D eigenvalue weighted by atomic mass is 35.5. The molecule has 0 aliphatic carbocycles. The number of aryl methyl sites for hydroxylation is 2. The first-order valence-electron chi connectivity index (χ1n) is 10.3. The van der Waals surface area contributed by atoms with E-state index in [1.165, 1.54) is 28.7 Å². The number of aromatic nitrogens is 4. The zero-order valence-electron chi connectivity index (χ0n) is 17.2. The van der Waals surface area contributed by atoms with E-state index in [1.54, 1.807) is 25.1 Å². The van der Waals surface area contributed by atoms with Crippen LogP contribution in [0, 0.1) is 12.7 Å². The first-order valence-corrected chi connectivity index (χ1v) is 12.3. The summed E-state index contributed by atoms with van der Waals surface area (Å²) in [6.45, 7) is 2.61. The van der Waals surface area contributed by atoms with E-state index >= 15 is 0 Å². The van der Waals surface area contributed by atoms with Gasteiger partial charge in [-0.05, 0) is 50.1 Å². The van der Waals surface area contributed by atoms with E-state index in [0.717, 1.165) is 48.5 Å². The van der Waals surface area contributed by atoms with Gasteiger partial charge >= 0.3 is 0 Å². The summed E-state index contributed by atoms with van der Waals surface area (Å²) in [5.74, 6) is 0.743. The number of thiazole rings is 1. The van der Waals surface area contributed by atoms with Crippen molar-refractivity contribution in [1.29, 1.82) is 0 Å². The van der Waals surface area contributed by atoms with Crippen LogP contribution in [0.4, 0.5) is 10.1 Å². The van der Waals surface area contributed by atoms with E-state index in [0.29, 0.717) is 25.7 Å². The first-order chi connectivity index (χ1) is 15.5. The predicted octanol–water partition coefficient (Wildman–Crippen LogP) is 6.21. The zero-order valence-corrected chi connectivity index (χ0v) is 19.6. The van der Waals surface area contributed by atoms with Gasteiger partial charge in [0.15, 0.2) is 5.82 Å². The quantitative estimate of drug-likeness (QED) is 0.371. The average Bonchev–Trinajstić information content (AvgIpc) is 3.44. The monoisotopic (exact) mass is 487 g/mol. The number of anilines is 1. The van der Waals surface area contributed by atoms with Crippen LogP contribution in [0.3, 0.4) is 0 Å². The van der Waals surface area contributed by atoms with Crippen LogP contribution in [-0.4, -0.2) is 25.7 Å². The van der Waals surface area contributed by atoms with E-state index < -0.39 is 11.7 Å². The number of thiophene rings is 1. The fourth-order valence-electron chi connectivity index (χ4n) is 3.78. The van der Waals surface area contributed by atoms with Gasteiger partial charge in [-0.3, -0.25) is 4.79 Å². The van der Waals surface area contributed by atoms with Crippen molar-refractivity contribution in [2.45, 2.75) is 39.2 Å². The van der Waals surface area contributed by atoms with Crippen LogP contribution in [0.5, 0.6) is 0 Å². The maximum absolute atomic E-state index is 14.6. The number of amides is 1. The summed E-state index contributed by atoms with van der Waals surface area (Å²) in [4.78, 5) is 18.8. The molecule has 4 heterocycles. The molecule has 4 aromatic rings. The van der Waals surface area contributed by atoms with Gasteiger partial charge in [-0.25, -0.2) is 9.37 Å². The van der Waals surface area contributed by atoms with Gasteiger partial charge in [-0.1, -0.05) is 18.0 Å². The Morgan fingerprint density at radius 3 is 2.84 bits per heavy atom. The number of fused-ring (bicyclic) bond motifs is 1. The van der Waals surface area contributed by atoms with Crippen molar-refractivity contribution in [3.8, 4) is 21.3 Å². The maximum atomic E-state index is 14.6. The molecule has 1 N–H and O–H groups in total. The van der Waals surface area contributed by atoms with Crippen LogP contribution >= 0.6 is 34.3 Å². The Morgan fingerprint density at radius 2 is 2.03 bits per heavy atom. The number of hydrogen-bond acceptors (Lipinski definition) is 6. The number of nitrogens with one attached hydrogen (secondary N) is 1. The van der Waals surface area contributed by atoms with E-state index in [9.17, 15) is 9.18 Å². The van der Waals surface area contributed by atoms with Crippen molar-refractivity contribution in [2.24, 2.45) is 0 Å². The molecule has 6 nitrogen and oxygen atoms in total. The van der Waals surface area contributed by atoms with Crippen molar-refractivity contribution in [3.05, 3.63) is 56.9 Å². The highest BCUT2D eigenvalue weighted by Gasteiger charge is 2.21. The van der Waals surface area contributed by atoms with Crippen molar-refractivity contribution < 1.29 is 9.18 Å². The van der Waals surface area contributed by atoms with Crippen LogP contribution in [0.2, 0.25) is 4.34 Å². The Labute approximate surface area is 197 Å². The van der Waals surface area contributed by atoms with Gasteiger partial charge < -0.3 is 9.88 Å². The van der Waals surface area contributed by atoms with E-state index in [-0.39, 0.29) is 5.69 Å². The zero-order chi connectivity index (χ0) is 22.2. The third-order valence-electron chi connectivity index (χ3n) is 5.37. The number of carbonyl (C=O) groups is 1. The lowest BCUT2D eigenvalue weighted by Crippen LogP contribution is -2.13. The predicted molar refractivity (Wildman–Crippen MR) is 126 cm³/mol. The van der Waals surface area contributed by atoms with E-state index in [4.69, 9.17) is 11.6 Å². The second-order valence-electron chi connectivity index (χ2n) is 7.59. The number of hydrogen-bond donors (Lipinski definition) is 1. The summed E-state index contributed by atoms with van der Waals surface area (Å²) in [5, 5.41) is 12.1. The van der Waals surface area contributed by atoms with Gasteiger partial charge in [-0.2, -0.15) is 0 Å². The smallest absolute Gasteiger partial charge is 0.267 e. The molecule has 0 spiro atoms. The van der Waals surface area contributed by atoms with Crippen LogP contribution in [0.25, 0.3) is 21.3 Å². The number of nitrogens with zero attached hydrogens (tertiary/aromatic N) is 4. The fraction of sp³-hybridized carbons (Fsp3) is 0.273. The van der Waals surface area contributed by atoms with Crippen molar-refractivity contribution >= 4 is 45.9 Å². The first kappa shape index (κ1) is 21.2. The maximum Gasteiger partial charge on any atom is 0.267 e. The van der Waals surface area contributed by atoms with Crippen LogP contribution in [-0.2, 0) is 13.0 Å². The Kier molecular flexibility index (Phi) is 5.79. The summed E-state index contributed by atoms with van der Waals surface area (Å²) in [6, 6.07) is 8.30. The molecular formula is C22H19ClFN5OS2. The number of carbonyl (C=O) groups excluding carboxylic acids is 1. The van der Waals surface area contributed by atoms with Gasteiger partial charge in [0.25, 0.3) is 5.91 Å². The Bertz CT molecular complexity index is 1310. The van der Waals surface area contributed by atoms with Crippen LogP contribution in [0.15, 0.2) is 30.3 Å². The van der Waals surface area contributed by atoms with Gasteiger partial charge in [-0.15, -0.1) is 32.9 Å². The van der Waals surface area contributed by atoms with Crippen molar-refractivity contribution in [3.63, 3.8) is 0 Å². The molecule has 3 aromatic heterocycles. The van der Waals surface area contributed by atoms with Gasteiger partial charge in [0.2, 0.25) is 0 Å². The third-order valence-corrected chi connectivity index (χ3v) is 7.93. The lowest BCUT2D eigenvalue weighted by Gasteiger charge is -2.10. The molecule has 164 valence electrons. The summed E-state index contributed by atoms with van der Waals surface area (Å²) < 4.78 is 17.3. The van der Waals surface area contributed by atoms with Gasteiger partial charge in [0, 0.05) is 18.5 Å². The van der Waals surface area contributed by atoms with E-state index in [1.807, 2.05) is 6.07 Å². The molecule has 0 fully saturated rings.